The van der Waals surface area contributed by atoms with Gasteiger partial charge < -0.3 is 4.43 Å². The molecule has 0 fully saturated rings. The number of Topliss-reactive ketones (excluding diaryl/α,β-unsaturated/α-hetero) is 1. The van der Waals surface area contributed by atoms with Crippen LogP contribution < -0.4 is 0 Å². The number of ketones is 1. The van der Waals surface area contributed by atoms with Crippen LogP contribution >= 0.6 is 0 Å². The Morgan fingerprint density at radius 1 is 1.10 bits per heavy atom. The highest BCUT2D eigenvalue weighted by molar-refractivity contribution is 6.73. The average molecular weight is 313 g/mol. The monoisotopic (exact) mass is 312 g/mol. The molecule has 3 heteroatoms. The van der Waals surface area contributed by atoms with E-state index in [1.807, 2.05) is 6.92 Å². The summed E-state index contributed by atoms with van der Waals surface area (Å²) in [5, 5.41) is 0. The lowest BCUT2D eigenvalue weighted by molar-refractivity contribution is -0.123. The van der Waals surface area contributed by atoms with E-state index in [4.69, 9.17) is 4.43 Å². The predicted molar refractivity (Wildman–Crippen MR) is 95.1 cm³/mol. The summed E-state index contributed by atoms with van der Waals surface area (Å²) in [5.74, 6) is 0.877. The molecule has 0 aromatic heterocycles. The smallest absolute Gasteiger partial charge is 0.192 e. The molecule has 2 atom stereocenters. The van der Waals surface area contributed by atoms with Gasteiger partial charge >= 0.3 is 0 Å². The van der Waals surface area contributed by atoms with Crippen molar-refractivity contribution in [1.29, 1.82) is 0 Å². The summed E-state index contributed by atoms with van der Waals surface area (Å²) in [6.45, 7) is 13.7. The van der Waals surface area contributed by atoms with E-state index in [0.29, 0.717) is 18.1 Å². The van der Waals surface area contributed by atoms with Gasteiger partial charge in [0.15, 0.2) is 8.32 Å². The minimum atomic E-state index is -1.48. The molecule has 0 rings (SSSR count). The molecule has 0 aliphatic heterocycles. The van der Waals surface area contributed by atoms with Gasteiger partial charge in [-0.2, -0.15) is 0 Å². The SMILES string of the molecule is CCCC(/C=C/CO[Si](CC)(CC)CC)C(C)C(=O)CC. The molecule has 0 amide bonds. The van der Waals surface area contributed by atoms with Crippen molar-refractivity contribution in [3.05, 3.63) is 12.2 Å². The van der Waals surface area contributed by atoms with Gasteiger partial charge in [0.1, 0.15) is 5.78 Å². The van der Waals surface area contributed by atoms with Crippen LogP contribution in [0.1, 0.15) is 60.8 Å². The lowest BCUT2D eigenvalue weighted by Crippen LogP contribution is -2.35. The molecule has 0 N–H and O–H groups in total. The Kier molecular flexibility index (Phi) is 11.0. The highest BCUT2D eigenvalue weighted by atomic mass is 28.4. The fourth-order valence-electron chi connectivity index (χ4n) is 2.92. The molecule has 0 aliphatic carbocycles. The third-order valence-electron chi connectivity index (χ3n) is 4.92. The average Bonchev–Trinajstić information content (AvgIpc) is 2.53. The van der Waals surface area contributed by atoms with E-state index in [2.05, 4.69) is 46.8 Å². The normalized spacial score (nSPS) is 15.3. The van der Waals surface area contributed by atoms with Gasteiger partial charge in [0.25, 0.3) is 0 Å². The molecule has 0 saturated heterocycles. The lowest BCUT2D eigenvalue weighted by Gasteiger charge is -2.27. The molecule has 0 aromatic rings. The van der Waals surface area contributed by atoms with Crippen LogP contribution in [0.4, 0.5) is 0 Å². The number of rotatable bonds is 12. The van der Waals surface area contributed by atoms with E-state index in [1.165, 1.54) is 18.1 Å². The standard InChI is InChI=1S/C18H36O2Si/c1-7-13-17(16(6)18(19)8-2)14-12-15-20-21(9-3,10-4)11-5/h12,14,16-17H,7-11,13,15H2,1-6H3/b14-12+. The molecular formula is C18H36O2Si. The third-order valence-corrected chi connectivity index (χ3v) is 9.57. The summed E-state index contributed by atoms with van der Waals surface area (Å²) >= 11 is 0. The molecule has 0 heterocycles. The van der Waals surface area contributed by atoms with Gasteiger partial charge in [0.2, 0.25) is 0 Å². The van der Waals surface area contributed by atoms with Crippen molar-refractivity contribution in [3.8, 4) is 0 Å². The quantitative estimate of drug-likeness (QED) is 0.346. The van der Waals surface area contributed by atoms with Crippen LogP contribution in [0.15, 0.2) is 12.2 Å². The minimum absolute atomic E-state index is 0.136. The van der Waals surface area contributed by atoms with E-state index < -0.39 is 8.32 Å². The summed E-state index contributed by atoms with van der Waals surface area (Å²) in [6, 6.07) is 3.57. The van der Waals surface area contributed by atoms with Crippen LogP contribution in [0.3, 0.4) is 0 Å². The van der Waals surface area contributed by atoms with Gasteiger partial charge in [-0.15, -0.1) is 0 Å². The van der Waals surface area contributed by atoms with Crippen LogP contribution in [-0.2, 0) is 9.22 Å². The molecule has 0 radical (unpaired) electrons. The van der Waals surface area contributed by atoms with E-state index in [9.17, 15) is 4.79 Å². The maximum atomic E-state index is 11.9. The Bertz CT molecular complexity index is 300. The van der Waals surface area contributed by atoms with Gasteiger partial charge in [-0.25, -0.2) is 0 Å². The molecule has 0 bridgehead atoms. The highest BCUT2D eigenvalue weighted by Crippen LogP contribution is 2.23. The molecule has 0 spiro atoms. The molecule has 0 saturated carbocycles. The van der Waals surface area contributed by atoms with Gasteiger partial charge in [-0.1, -0.05) is 60.1 Å². The summed E-state index contributed by atoms with van der Waals surface area (Å²) in [4.78, 5) is 11.9. The lowest BCUT2D eigenvalue weighted by atomic mass is 9.85. The predicted octanol–water partition coefficient (Wildman–Crippen LogP) is 5.60. The second-order valence-corrected chi connectivity index (χ2v) is 10.8. The summed E-state index contributed by atoms with van der Waals surface area (Å²) in [5.41, 5.74) is 0. The molecule has 2 nitrogen and oxygen atoms in total. The Morgan fingerprint density at radius 3 is 2.10 bits per heavy atom. The second kappa shape index (κ2) is 11.2. The number of carbonyl (C=O) groups excluding carboxylic acids is 1. The topological polar surface area (TPSA) is 26.3 Å². The fourth-order valence-corrected chi connectivity index (χ4v) is 5.48. The van der Waals surface area contributed by atoms with Crippen molar-refractivity contribution >= 4 is 14.1 Å². The second-order valence-electron chi connectivity index (χ2n) is 6.04. The van der Waals surface area contributed by atoms with Crippen molar-refractivity contribution in [2.75, 3.05) is 6.61 Å². The number of hydrogen-bond donors (Lipinski definition) is 0. The van der Waals surface area contributed by atoms with Crippen molar-refractivity contribution in [2.24, 2.45) is 11.8 Å². The van der Waals surface area contributed by atoms with Crippen LogP contribution in [0.5, 0.6) is 0 Å². The Balaban J connectivity index is 4.55. The molecule has 124 valence electrons. The molecule has 2 unspecified atom stereocenters. The van der Waals surface area contributed by atoms with Gasteiger partial charge in [-0.3, -0.25) is 4.79 Å². The Morgan fingerprint density at radius 2 is 1.67 bits per heavy atom. The van der Waals surface area contributed by atoms with Crippen molar-refractivity contribution in [1.82, 2.24) is 0 Å². The first-order valence-electron chi connectivity index (χ1n) is 8.83. The largest absolute Gasteiger partial charge is 0.413 e. The minimum Gasteiger partial charge on any atom is -0.413 e. The summed E-state index contributed by atoms with van der Waals surface area (Å²) in [6.07, 6.45) is 7.23. The zero-order valence-corrected chi connectivity index (χ0v) is 16.1. The molecule has 0 aliphatic rings. The van der Waals surface area contributed by atoms with Crippen molar-refractivity contribution in [3.63, 3.8) is 0 Å². The first-order chi connectivity index (χ1) is 10.00. The van der Waals surface area contributed by atoms with E-state index in [1.54, 1.807) is 0 Å². The fraction of sp³-hybridized carbons (Fsp3) is 0.833. The highest BCUT2D eigenvalue weighted by Gasteiger charge is 2.28. The maximum absolute atomic E-state index is 11.9. The molecule has 0 aromatic carbocycles. The van der Waals surface area contributed by atoms with E-state index >= 15 is 0 Å². The van der Waals surface area contributed by atoms with Gasteiger partial charge in [-0.05, 0) is 30.5 Å². The summed E-state index contributed by atoms with van der Waals surface area (Å²) in [7, 11) is -1.48. The number of allylic oxidation sites excluding steroid dienone is 1. The van der Waals surface area contributed by atoms with Crippen LogP contribution in [0.25, 0.3) is 0 Å². The first-order valence-corrected chi connectivity index (χ1v) is 11.4. The third kappa shape index (κ3) is 6.92. The Hall–Kier alpha value is -0.413. The van der Waals surface area contributed by atoms with Gasteiger partial charge in [0.05, 0.1) is 6.61 Å². The van der Waals surface area contributed by atoms with Crippen LogP contribution in [-0.4, -0.2) is 20.7 Å². The van der Waals surface area contributed by atoms with E-state index in [0.717, 1.165) is 19.4 Å². The summed E-state index contributed by atoms with van der Waals surface area (Å²) < 4.78 is 6.24. The first kappa shape index (κ1) is 20.6. The molecule has 21 heavy (non-hydrogen) atoms. The number of carbonyl (C=O) groups is 1. The van der Waals surface area contributed by atoms with Crippen molar-refractivity contribution < 1.29 is 9.22 Å². The van der Waals surface area contributed by atoms with E-state index in [-0.39, 0.29) is 5.92 Å². The maximum Gasteiger partial charge on any atom is 0.192 e. The molecular weight excluding hydrogens is 276 g/mol. The number of hydrogen-bond acceptors (Lipinski definition) is 2. The van der Waals surface area contributed by atoms with Crippen molar-refractivity contribution in [2.45, 2.75) is 78.9 Å². The van der Waals surface area contributed by atoms with Gasteiger partial charge in [0, 0.05) is 12.3 Å². The van der Waals surface area contributed by atoms with Crippen LogP contribution in [0, 0.1) is 11.8 Å². The van der Waals surface area contributed by atoms with Crippen LogP contribution in [0.2, 0.25) is 18.1 Å². The Labute approximate surface area is 133 Å². The zero-order valence-electron chi connectivity index (χ0n) is 15.1. The zero-order chi connectivity index (χ0) is 16.3.